The van der Waals surface area contributed by atoms with Gasteiger partial charge in [0, 0.05) is 29.9 Å². The number of aromatic nitrogens is 1. The number of aliphatic carboxylic acids is 1. The molecular weight excluding hydrogens is 1270 g/mol. The molecule has 1 aromatic heterocycles. The minimum atomic E-state index is -2.06. The summed E-state index contributed by atoms with van der Waals surface area (Å²) in [7, 11) is 0. The van der Waals surface area contributed by atoms with Crippen LogP contribution in [0.2, 0.25) is 0 Å². The van der Waals surface area contributed by atoms with E-state index in [1.54, 1.807) is 44.3 Å². The van der Waals surface area contributed by atoms with Crippen molar-refractivity contribution < 1.29 is 92.7 Å². The molecule has 0 saturated carbocycles. The first-order chi connectivity index (χ1) is 45.4. The maximum absolute atomic E-state index is 14.2. The van der Waals surface area contributed by atoms with Crippen molar-refractivity contribution in [2.45, 2.75) is 225 Å². The first-order valence-corrected chi connectivity index (χ1v) is 32.5. The molecule has 0 aliphatic carbocycles. The zero-order valence-corrected chi connectivity index (χ0v) is 56.6. The van der Waals surface area contributed by atoms with Crippen molar-refractivity contribution in [2.75, 3.05) is 13.2 Å². The summed E-state index contributed by atoms with van der Waals surface area (Å²) in [5.74, 6) is -17.7. The average molecular weight is 1370 g/mol. The molecule has 24 N–H and O–H groups in total. The molecule has 1 aromatic carbocycles. The van der Waals surface area contributed by atoms with Gasteiger partial charge in [-0.05, 0) is 61.6 Å². The molecule has 1 heterocycles. The van der Waals surface area contributed by atoms with Crippen LogP contribution in [0.3, 0.4) is 0 Å². The number of fused-ring (bicyclic) bond motifs is 1. The van der Waals surface area contributed by atoms with Crippen LogP contribution in [0.15, 0.2) is 30.5 Å². The quantitative estimate of drug-likeness (QED) is 0.0278. The number of aliphatic hydroxyl groups excluding tert-OH is 4. The molecule has 0 fully saturated rings. The number of rotatable bonds is 46. The monoisotopic (exact) mass is 1370 g/mol. The summed E-state index contributed by atoms with van der Waals surface area (Å²) in [6, 6.07) is -10.5. The number of unbranched alkanes of at least 4 members (excludes halogenated alkanes) is 2. The highest BCUT2D eigenvalue weighted by atomic mass is 16.4. The number of nitrogens with one attached hydrogen (secondary N) is 11. The van der Waals surface area contributed by atoms with Crippen LogP contribution in [0.5, 0.6) is 0 Å². The Morgan fingerprint density at radius 2 is 0.897 bits per heavy atom. The van der Waals surface area contributed by atoms with E-state index in [9.17, 15) is 92.7 Å². The Hall–Kier alpha value is -8.86. The molecule has 34 nitrogen and oxygen atoms in total. The Labute approximate surface area is 562 Å². The molecule has 544 valence electrons. The van der Waals surface area contributed by atoms with Gasteiger partial charge in [0.15, 0.2) is 0 Å². The van der Waals surface area contributed by atoms with E-state index in [-0.39, 0.29) is 19.4 Å². The summed E-state index contributed by atoms with van der Waals surface area (Å²) in [6.45, 7) is 13.2. The standard InChI is InChI=1S/C63H103N15O19/c1-10-33(8)52(63(96)97)77-56(89)40(22-35-28-68-39-19-15-14-18-38(35)39)70-59(92)45(29-79)74-62(95)53(34(9)80)78-57(90)41(23-37(82)20-21-64)71-54(87)43(26-47(66)84)72-55(88)44(27-48(67)85)73-60(93)50(31(4)5)76-61(94)51(32(6)7)75-58(91)42(25-46(65)83)69-49(86)24-36(81)17-13-11-12-16-30(2)3/h14-15,18-19,28,30-34,36-37,40-45,50-53,68,79-82H,10-13,16-17,20-27,29,64H2,1-9H3,(H2,65,83)(H2,66,84)(H2,67,85)(H,69,86)(H,70,92)(H,71,87)(H,72,88)(H,73,93)(H,74,95)(H,75,91)(H,76,94)(H,77,89)(H,78,90)(H,96,97). The minimum absolute atomic E-state index is 0.162. The molecule has 0 aliphatic rings. The molecule has 2 rings (SSSR count). The third-order valence-electron chi connectivity index (χ3n) is 15.9. The van der Waals surface area contributed by atoms with Gasteiger partial charge in [-0.15, -0.1) is 0 Å². The van der Waals surface area contributed by atoms with Crippen LogP contribution >= 0.6 is 0 Å². The molecule has 34 heteroatoms. The summed E-state index contributed by atoms with van der Waals surface area (Å²) >= 11 is 0. The Balaban J connectivity index is 2.40. The molecule has 0 radical (unpaired) electrons. The number of carbonyl (C=O) groups is 14. The van der Waals surface area contributed by atoms with E-state index in [0.717, 1.165) is 26.2 Å². The van der Waals surface area contributed by atoms with Gasteiger partial charge in [0.25, 0.3) is 0 Å². The Kier molecular flexibility index (Phi) is 36.4. The summed E-state index contributed by atoms with van der Waals surface area (Å²) in [4.78, 5) is 191. The maximum Gasteiger partial charge on any atom is 0.326 e. The Morgan fingerprint density at radius 3 is 1.40 bits per heavy atom. The van der Waals surface area contributed by atoms with Crippen LogP contribution in [0.25, 0.3) is 10.9 Å². The number of amides is 13. The third kappa shape index (κ3) is 29.6. The summed E-state index contributed by atoms with van der Waals surface area (Å²) < 4.78 is 0. The number of carboxylic acids is 1. The van der Waals surface area contributed by atoms with Crippen LogP contribution in [-0.2, 0) is 73.5 Å². The smallest absolute Gasteiger partial charge is 0.326 e. The first kappa shape index (κ1) is 84.2. The predicted molar refractivity (Wildman–Crippen MR) is 351 cm³/mol. The molecule has 14 unspecified atom stereocenters. The summed E-state index contributed by atoms with van der Waals surface area (Å²) in [5.41, 5.74) is 23.2. The highest BCUT2D eigenvalue weighted by molar-refractivity contribution is 6.01. The molecule has 97 heavy (non-hydrogen) atoms. The molecule has 0 spiro atoms. The van der Waals surface area contributed by atoms with Gasteiger partial charge in [-0.2, -0.15) is 0 Å². The number of carbonyl (C=O) groups excluding carboxylic acids is 13. The number of primary amides is 3. The van der Waals surface area contributed by atoms with Gasteiger partial charge in [0.2, 0.25) is 76.8 Å². The van der Waals surface area contributed by atoms with Gasteiger partial charge < -0.3 is 107 Å². The van der Waals surface area contributed by atoms with E-state index >= 15 is 0 Å². The van der Waals surface area contributed by atoms with Crippen LogP contribution in [-0.4, -0.2) is 205 Å². The highest BCUT2D eigenvalue weighted by Gasteiger charge is 2.39. The number of carboxylic acid groups (broad SMARTS) is 1. The van der Waals surface area contributed by atoms with Crippen LogP contribution in [0.1, 0.15) is 145 Å². The molecule has 14 atom stereocenters. The fourth-order valence-electron chi connectivity index (χ4n) is 10.2. The number of H-pyrrole nitrogens is 1. The number of hydrogen-bond acceptors (Lipinski definition) is 19. The van der Waals surface area contributed by atoms with Crippen molar-refractivity contribution in [1.82, 2.24) is 58.2 Å². The molecule has 13 amide bonds. The van der Waals surface area contributed by atoms with E-state index in [1.165, 1.54) is 27.7 Å². The molecule has 0 bridgehead atoms. The first-order valence-electron chi connectivity index (χ1n) is 32.5. The number of para-hydroxylation sites is 1. The lowest BCUT2D eigenvalue weighted by molar-refractivity contribution is -0.144. The second-order valence-electron chi connectivity index (χ2n) is 25.4. The van der Waals surface area contributed by atoms with Gasteiger partial charge in [-0.1, -0.05) is 106 Å². The van der Waals surface area contributed by atoms with Crippen LogP contribution in [0, 0.1) is 23.7 Å². The van der Waals surface area contributed by atoms with E-state index in [1.807, 2.05) is 0 Å². The average Bonchev–Trinajstić information content (AvgIpc) is 1.76. The van der Waals surface area contributed by atoms with E-state index < -0.39 is 218 Å². The van der Waals surface area contributed by atoms with Gasteiger partial charge in [0.1, 0.15) is 60.4 Å². The second kappa shape index (κ2) is 42.0. The van der Waals surface area contributed by atoms with Crippen LogP contribution < -0.4 is 76.1 Å². The lowest BCUT2D eigenvalue weighted by Gasteiger charge is -2.30. The van der Waals surface area contributed by atoms with Crippen molar-refractivity contribution in [3.05, 3.63) is 36.0 Å². The predicted octanol–water partition coefficient (Wildman–Crippen LogP) is -4.54. The summed E-state index contributed by atoms with van der Waals surface area (Å²) in [6.07, 6.45) is -2.94. The number of benzene rings is 1. The SMILES string of the molecule is CCC(C)C(NC(=O)C(Cc1c[nH]c2ccccc12)NC(=O)C(CO)NC(=O)C(NC(=O)C(CC(O)CCN)NC(=O)C(CC(N)=O)NC(=O)C(CC(N)=O)NC(=O)C(NC(=O)C(NC(=O)C(CC(N)=O)NC(=O)CC(O)CCCCCC(C)C)C(C)C)C(C)C)C(C)O)C(=O)O. The number of hydrogen-bond donors (Lipinski definition) is 20. The van der Waals surface area contributed by atoms with Crippen LogP contribution in [0.4, 0.5) is 0 Å². The Morgan fingerprint density at radius 1 is 0.474 bits per heavy atom. The largest absolute Gasteiger partial charge is 0.480 e. The lowest BCUT2D eigenvalue weighted by Crippen LogP contribution is -2.63. The van der Waals surface area contributed by atoms with E-state index in [4.69, 9.17) is 22.9 Å². The number of aromatic amines is 1. The molecular formula is C63H103N15O19. The maximum atomic E-state index is 14.2. The molecule has 0 saturated heterocycles. The molecule has 2 aromatic rings. The third-order valence-corrected chi connectivity index (χ3v) is 15.9. The van der Waals surface area contributed by atoms with Gasteiger partial charge in [-0.3, -0.25) is 62.3 Å². The topological polar surface area (TPSA) is 580 Å². The normalized spacial score (nSPS) is 15.8. The van der Waals surface area contributed by atoms with E-state index in [0.29, 0.717) is 41.6 Å². The van der Waals surface area contributed by atoms with Gasteiger partial charge in [0.05, 0.1) is 50.6 Å². The number of aliphatic hydroxyl groups is 4. The minimum Gasteiger partial charge on any atom is -0.480 e. The van der Waals surface area contributed by atoms with Crippen molar-refractivity contribution in [1.29, 1.82) is 0 Å². The van der Waals surface area contributed by atoms with Crippen molar-refractivity contribution in [2.24, 2.45) is 46.6 Å². The summed E-state index contributed by atoms with van der Waals surface area (Å²) in [5, 5.41) is 76.6. The van der Waals surface area contributed by atoms with Gasteiger partial charge in [-0.25, -0.2) is 4.79 Å². The molecule has 0 aliphatic heterocycles. The fourth-order valence-corrected chi connectivity index (χ4v) is 10.2. The van der Waals surface area contributed by atoms with Crippen molar-refractivity contribution in [3.8, 4) is 0 Å². The van der Waals surface area contributed by atoms with E-state index in [2.05, 4.69) is 72.0 Å². The second-order valence-corrected chi connectivity index (χ2v) is 25.4. The Bertz CT molecular complexity index is 3010. The number of nitrogens with two attached hydrogens (primary N) is 4. The zero-order valence-electron chi connectivity index (χ0n) is 56.6. The van der Waals surface area contributed by atoms with Gasteiger partial charge >= 0.3 is 5.97 Å². The lowest BCUT2D eigenvalue weighted by atomic mass is 9.98. The fraction of sp³-hybridized carbons (Fsp3) is 0.651. The highest BCUT2D eigenvalue weighted by Crippen LogP contribution is 2.21. The zero-order chi connectivity index (χ0) is 73.6. The van der Waals surface area contributed by atoms with Crippen molar-refractivity contribution >= 4 is 93.7 Å². The van der Waals surface area contributed by atoms with Crippen molar-refractivity contribution in [3.63, 3.8) is 0 Å².